The highest BCUT2D eigenvalue weighted by Gasteiger charge is 2.18. The van der Waals surface area contributed by atoms with Crippen molar-refractivity contribution in [2.24, 2.45) is 0 Å². The van der Waals surface area contributed by atoms with Gasteiger partial charge in [-0.25, -0.2) is 0 Å². The zero-order valence-corrected chi connectivity index (χ0v) is 12.1. The highest BCUT2D eigenvalue weighted by Crippen LogP contribution is 2.30. The number of carbonyl (C=O) groups excluding carboxylic acids is 2. The van der Waals surface area contributed by atoms with Crippen LogP contribution in [0.2, 0.25) is 0 Å². The summed E-state index contributed by atoms with van der Waals surface area (Å²) in [6.45, 7) is 3.85. The van der Waals surface area contributed by atoms with Crippen LogP contribution in [0.4, 0.5) is 5.69 Å². The predicted octanol–water partition coefficient (Wildman–Crippen LogP) is 1.56. The summed E-state index contributed by atoms with van der Waals surface area (Å²) in [5, 5.41) is 5.98. The van der Waals surface area contributed by atoms with E-state index in [0.717, 1.165) is 12.2 Å². The Morgan fingerprint density at radius 2 is 2.29 bits per heavy atom. The zero-order chi connectivity index (χ0) is 15.1. The normalized spacial score (nSPS) is 12.6. The summed E-state index contributed by atoms with van der Waals surface area (Å²) in [6.07, 6.45) is 0.859. The molecule has 0 atom stereocenters. The topological polar surface area (TPSA) is 76.7 Å². The Hall–Kier alpha value is -2.24. The molecule has 1 heterocycles. The van der Waals surface area contributed by atoms with Gasteiger partial charge < -0.3 is 20.1 Å². The lowest BCUT2D eigenvalue weighted by atomic mass is 10.1. The molecule has 0 aromatic heterocycles. The van der Waals surface area contributed by atoms with Crippen LogP contribution in [-0.4, -0.2) is 38.2 Å². The number of benzene rings is 1. The number of hydrogen-bond donors (Lipinski definition) is 2. The van der Waals surface area contributed by atoms with Crippen LogP contribution >= 0.6 is 0 Å². The molecule has 0 saturated carbocycles. The number of ether oxygens (including phenoxy) is 2. The molecule has 1 amide bonds. The van der Waals surface area contributed by atoms with Crippen LogP contribution in [0, 0.1) is 0 Å². The number of carbonyl (C=O) groups is 2. The molecule has 0 fully saturated rings. The predicted molar refractivity (Wildman–Crippen MR) is 78.6 cm³/mol. The molecule has 6 heteroatoms. The minimum Gasteiger partial charge on any atom is -0.489 e. The Bertz CT molecular complexity index is 516. The summed E-state index contributed by atoms with van der Waals surface area (Å²) >= 11 is 0. The molecule has 2 rings (SSSR count). The van der Waals surface area contributed by atoms with Gasteiger partial charge in [-0.2, -0.15) is 0 Å². The van der Waals surface area contributed by atoms with E-state index in [9.17, 15) is 9.59 Å². The molecule has 6 nitrogen and oxygen atoms in total. The van der Waals surface area contributed by atoms with Crippen molar-refractivity contribution in [3.05, 3.63) is 23.8 Å². The van der Waals surface area contributed by atoms with Crippen molar-refractivity contribution >= 4 is 17.6 Å². The molecular weight excluding hydrogens is 272 g/mol. The third kappa shape index (κ3) is 4.11. The van der Waals surface area contributed by atoms with E-state index in [1.807, 2.05) is 12.1 Å². The van der Waals surface area contributed by atoms with E-state index < -0.39 is 0 Å². The molecule has 1 aliphatic rings. The fourth-order valence-corrected chi connectivity index (χ4v) is 2.11. The van der Waals surface area contributed by atoms with Gasteiger partial charge in [0.2, 0.25) is 0 Å². The highest BCUT2D eigenvalue weighted by molar-refractivity contribution is 5.99. The third-order valence-electron chi connectivity index (χ3n) is 3.07. The van der Waals surface area contributed by atoms with Gasteiger partial charge in [-0.3, -0.25) is 9.59 Å². The second-order valence-electron chi connectivity index (χ2n) is 4.62. The van der Waals surface area contributed by atoms with Gasteiger partial charge in [-0.1, -0.05) is 6.07 Å². The second-order valence-corrected chi connectivity index (χ2v) is 4.62. The molecule has 0 unspecified atom stereocenters. The van der Waals surface area contributed by atoms with Crippen LogP contribution in [0.5, 0.6) is 5.75 Å². The Morgan fingerprint density at radius 3 is 3.10 bits per heavy atom. The SMILES string of the molecule is CCOC(=O)CCCNC(=O)c1cccc2c1OCCN2. The van der Waals surface area contributed by atoms with Crippen molar-refractivity contribution in [3.8, 4) is 5.75 Å². The lowest BCUT2D eigenvalue weighted by molar-refractivity contribution is -0.143. The summed E-state index contributed by atoms with van der Waals surface area (Å²) in [5.41, 5.74) is 1.34. The van der Waals surface area contributed by atoms with Crippen LogP contribution in [0.15, 0.2) is 18.2 Å². The second kappa shape index (κ2) is 7.52. The smallest absolute Gasteiger partial charge is 0.305 e. The van der Waals surface area contributed by atoms with Crippen molar-refractivity contribution < 1.29 is 19.1 Å². The van der Waals surface area contributed by atoms with Crippen LogP contribution < -0.4 is 15.4 Å². The highest BCUT2D eigenvalue weighted by atomic mass is 16.5. The van der Waals surface area contributed by atoms with Crippen LogP contribution in [-0.2, 0) is 9.53 Å². The molecule has 0 bridgehead atoms. The molecule has 0 spiro atoms. The molecule has 0 radical (unpaired) electrons. The van der Waals surface area contributed by atoms with Crippen LogP contribution in [0.1, 0.15) is 30.1 Å². The number of amides is 1. The van der Waals surface area contributed by atoms with Crippen LogP contribution in [0.25, 0.3) is 0 Å². The summed E-state index contributed by atoms with van der Waals surface area (Å²) in [4.78, 5) is 23.3. The number of rotatable bonds is 6. The summed E-state index contributed by atoms with van der Waals surface area (Å²) < 4.78 is 10.4. The quantitative estimate of drug-likeness (QED) is 0.614. The Kier molecular flexibility index (Phi) is 5.43. The molecule has 0 aliphatic carbocycles. The lowest BCUT2D eigenvalue weighted by Gasteiger charge is -2.21. The average molecular weight is 292 g/mol. The first-order valence-corrected chi connectivity index (χ1v) is 7.16. The van der Waals surface area contributed by atoms with Crippen molar-refractivity contribution in [3.63, 3.8) is 0 Å². The molecule has 0 saturated heterocycles. The Balaban J connectivity index is 1.85. The monoisotopic (exact) mass is 292 g/mol. The Labute approximate surface area is 123 Å². The molecule has 1 aromatic rings. The number of esters is 1. The van der Waals surface area contributed by atoms with Gasteiger partial charge >= 0.3 is 5.97 Å². The van der Waals surface area contributed by atoms with E-state index >= 15 is 0 Å². The first-order chi connectivity index (χ1) is 10.2. The van der Waals surface area contributed by atoms with Crippen molar-refractivity contribution in [1.29, 1.82) is 0 Å². The minimum absolute atomic E-state index is 0.195. The number of nitrogens with one attached hydrogen (secondary N) is 2. The van der Waals surface area contributed by atoms with E-state index in [-0.39, 0.29) is 11.9 Å². The number of hydrogen-bond acceptors (Lipinski definition) is 5. The third-order valence-corrected chi connectivity index (χ3v) is 3.07. The van der Waals surface area contributed by atoms with Crippen molar-refractivity contribution in [1.82, 2.24) is 5.32 Å². The first kappa shape index (κ1) is 15.2. The van der Waals surface area contributed by atoms with E-state index in [2.05, 4.69) is 10.6 Å². The maximum absolute atomic E-state index is 12.2. The summed E-state index contributed by atoms with van der Waals surface area (Å²) in [5.74, 6) is 0.155. The fraction of sp³-hybridized carbons (Fsp3) is 0.467. The Morgan fingerprint density at radius 1 is 1.43 bits per heavy atom. The van der Waals surface area contributed by atoms with Crippen molar-refractivity contribution in [2.75, 3.05) is 31.6 Å². The van der Waals surface area contributed by atoms with Crippen LogP contribution in [0.3, 0.4) is 0 Å². The molecule has 1 aliphatic heterocycles. The molecule has 2 N–H and O–H groups in total. The fourth-order valence-electron chi connectivity index (χ4n) is 2.11. The van der Waals surface area contributed by atoms with Gasteiger partial charge in [0.1, 0.15) is 6.61 Å². The summed E-state index contributed by atoms with van der Waals surface area (Å²) in [7, 11) is 0. The maximum atomic E-state index is 12.2. The molecule has 114 valence electrons. The first-order valence-electron chi connectivity index (χ1n) is 7.16. The number of fused-ring (bicyclic) bond motifs is 1. The van der Waals surface area contributed by atoms with Crippen molar-refractivity contribution in [2.45, 2.75) is 19.8 Å². The van der Waals surface area contributed by atoms with Gasteiger partial charge in [0.05, 0.1) is 17.9 Å². The lowest BCUT2D eigenvalue weighted by Crippen LogP contribution is -2.27. The van der Waals surface area contributed by atoms with Gasteiger partial charge in [0, 0.05) is 19.5 Å². The zero-order valence-electron chi connectivity index (χ0n) is 12.1. The number of anilines is 1. The molecule has 21 heavy (non-hydrogen) atoms. The average Bonchev–Trinajstić information content (AvgIpc) is 2.51. The number of para-hydroxylation sites is 1. The van der Waals surface area contributed by atoms with E-state index in [1.54, 1.807) is 13.0 Å². The maximum Gasteiger partial charge on any atom is 0.305 e. The van der Waals surface area contributed by atoms with E-state index in [4.69, 9.17) is 9.47 Å². The minimum atomic E-state index is -0.239. The molecule has 1 aromatic carbocycles. The van der Waals surface area contributed by atoms with Gasteiger partial charge in [-0.15, -0.1) is 0 Å². The van der Waals surface area contributed by atoms with Gasteiger partial charge in [-0.05, 0) is 25.5 Å². The largest absolute Gasteiger partial charge is 0.489 e. The van der Waals surface area contributed by atoms with E-state index in [1.165, 1.54) is 0 Å². The van der Waals surface area contributed by atoms with Gasteiger partial charge in [0.15, 0.2) is 5.75 Å². The van der Waals surface area contributed by atoms with E-state index in [0.29, 0.717) is 43.9 Å². The molecular formula is C15H20N2O4. The standard InChI is InChI=1S/C15H20N2O4/c1-2-20-13(18)7-4-8-17-15(19)11-5-3-6-12-14(11)21-10-9-16-12/h3,5-6,16H,2,4,7-10H2,1H3,(H,17,19). The summed E-state index contributed by atoms with van der Waals surface area (Å²) in [6, 6.07) is 5.42. The van der Waals surface area contributed by atoms with Gasteiger partial charge in [0.25, 0.3) is 5.91 Å².